The number of hydrogen-bond donors (Lipinski definition) is 0. The molecule has 4 heteroatoms. The Labute approximate surface area is 115 Å². The number of carbonyl (C=O) groups excluding carboxylic acids is 1. The number of amides is 1. The van der Waals surface area contributed by atoms with Crippen LogP contribution in [0.2, 0.25) is 0 Å². The van der Waals surface area contributed by atoms with Crippen molar-refractivity contribution in [2.45, 2.75) is 13.5 Å². The number of benzene rings is 1. The summed E-state index contributed by atoms with van der Waals surface area (Å²) in [5.74, 6) is 1.02. The zero-order chi connectivity index (χ0) is 13.1. The smallest absolute Gasteiger partial charge is 0.289 e. The highest BCUT2D eigenvalue weighted by Crippen LogP contribution is 2.14. The minimum absolute atomic E-state index is 0.106. The van der Waals surface area contributed by atoms with Crippen molar-refractivity contribution in [3.05, 3.63) is 58.0 Å². The number of hydrogen-bond acceptors (Lipinski definition) is 2. The van der Waals surface area contributed by atoms with Gasteiger partial charge in [-0.3, -0.25) is 4.79 Å². The minimum Gasteiger partial charge on any atom is -0.456 e. The average molecular weight is 308 g/mol. The molecule has 0 N–H and O–H groups in total. The first-order valence-corrected chi connectivity index (χ1v) is 6.42. The minimum atomic E-state index is -0.106. The molecule has 2 rings (SSSR count). The van der Waals surface area contributed by atoms with Crippen LogP contribution in [0.25, 0.3) is 0 Å². The molecule has 0 aliphatic heterocycles. The largest absolute Gasteiger partial charge is 0.456 e. The van der Waals surface area contributed by atoms with Crippen LogP contribution in [0.3, 0.4) is 0 Å². The normalized spacial score (nSPS) is 10.4. The van der Waals surface area contributed by atoms with E-state index in [1.807, 2.05) is 31.2 Å². The molecule has 0 spiro atoms. The van der Waals surface area contributed by atoms with E-state index in [-0.39, 0.29) is 5.91 Å². The van der Waals surface area contributed by atoms with Crippen LogP contribution in [-0.4, -0.2) is 17.9 Å². The number of aryl methyl sites for hydroxylation is 1. The molecule has 0 unspecified atom stereocenters. The van der Waals surface area contributed by atoms with Gasteiger partial charge in [0.15, 0.2) is 5.76 Å². The monoisotopic (exact) mass is 307 g/mol. The fraction of sp³-hybridized carbons (Fsp3) is 0.214. The van der Waals surface area contributed by atoms with Crippen LogP contribution in [-0.2, 0) is 6.54 Å². The van der Waals surface area contributed by atoms with Crippen molar-refractivity contribution in [2.24, 2.45) is 0 Å². The van der Waals surface area contributed by atoms with E-state index in [9.17, 15) is 4.79 Å². The first-order chi connectivity index (χ1) is 8.56. The van der Waals surface area contributed by atoms with E-state index in [4.69, 9.17) is 4.42 Å². The lowest BCUT2D eigenvalue weighted by Gasteiger charge is -2.15. The Kier molecular flexibility index (Phi) is 3.87. The second-order valence-corrected chi connectivity index (χ2v) is 5.11. The Morgan fingerprint density at radius 2 is 1.89 bits per heavy atom. The third-order valence-corrected chi connectivity index (χ3v) is 3.16. The molecule has 1 amide bonds. The van der Waals surface area contributed by atoms with Crippen molar-refractivity contribution in [3.8, 4) is 0 Å². The first-order valence-electron chi connectivity index (χ1n) is 5.62. The summed E-state index contributed by atoms with van der Waals surface area (Å²) < 4.78 is 6.35. The second kappa shape index (κ2) is 5.40. The van der Waals surface area contributed by atoms with Gasteiger partial charge in [0.25, 0.3) is 5.91 Å². The molecule has 0 fully saturated rings. The number of furan rings is 1. The molecule has 1 aromatic carbocycles. The van der Waals surface area contributed by atoms with Crippen LogP contribution in [0.4, 0.5) is 0 Å². The van der Waals surface area contributed by atoms with Crippen LogP contribution in [0.15, 0.2) is 45.3 Å². The molecule has 0 aliphatic carbocycles. The van der Waals surface area contributed by atoms with Gasteiger partial charge in [-0.05, 0) is 36.8 Å². The molecule has 3 nitrogen and oxygen atoms in total. The lowest BCUT2D eigenvalue weighted by molar-refractivity contribution is 0.0752. The van der Waals surface area contributed by atoms with Gasteiger partial charge in [-0.25, -0.2) is 0 Å². The predicted octanol–water partition coefficient (Wildman–Crippen LogP) is 3.62. The van der Waals surface area contributed by atoms with E-state index >= 15 is 0 Å². The van der Waals surface area contributed by atoms with Gasteiger partial charge in [0.05, 0.1) is 0 Å². The van der Waals surface area contributed by atoms with Gasteiger partial charge in [-0.2, -0.15) is 0 Å². The SMILES string of the molecule is Cc1ccc(C(=O)N(C)Cc2ccc(Br)cc2)o1. The van der Waals surface area contributed by atoms with Crippen molar-refractivity contribution in [2.75, 3.05) is 7.05 Å². The molecule has 0 radical (unpaired) electrons. The maximum atomic E-state index is 12.1. The van der Waals surface area contributed by atoms with Crippen molar-refractivity contribution in [1.29, 1.82) is 0 Å². The molecule has 1 aromatic heterocycles. The second-order valence-electron chi connectivity index (χ2n) is 4.20. The van der Waals surface area contributed by atoms with Crippen molar-refractivity contribution < 1.29 is 9.21 Å². The Morgan fingerprint density at radius 3 is 2.44 bits per heavy atom. The van der Waals surface area contributed by atoms with Crippen molar-refractivity contribution in [3.63, 3.8) is 0 Å². The molecule has 2 aromatic rings. The summed E-state index contributed by atoms with van der Waals surface area (Å²) >= 11 is 3.38. The van der Waals surface area contributed by atoms with E-state index < -0.39 is 0 Å². The lowest BCUT2D eigenvalue weighted by atomic mass is 10.2. The Morgan fingerprint density at radius 1 is 1.22 bits per heavy atom. The molecule has 18 heavy (non-hydrogen) atoms. The summed E-state index contributed by atoms with van der Waals surface area (Å²) in [6.45, 7) is 2.39. The molecule has 0 atom stereocenters. The number of carbonyl (C=O) groups is 1. The van der Waals surface area contributed by atoms with Gasteiger partial charge >= 0.3 is 0 Å². The zero-order valence-electron chi connectivity index (χ0n) is 10.3. The predicted molar refractivity (Wildman–Crippen MR) is 73.4 cm³/mol. The standard InChI is InChI=1S/C14H14BrNO2/c1-10-3-8-13(18-10)14(17)16(2)9-11-4-6-12(15)7-5-11/h3-8H,9H2,1-2H3. The maximum Gasteiger partial charge on any atom is 0.289 e. The highest BCUT2D eigenvalue weighted by molar-refractivity contribution is 9.10. The van der Waals surface area contributed by atoms with E-state index in [0.717, 1.165) is 15.8 Å². The lowest BCUT2D eigenvalue weighted by Crippen LogP contribution is -2.25. The van der Waals surface area contributed by atoms with Gasteiger partial charge in [0.2, 0.25) is 0 Å². The Balaban J connectivity index is 2.05. The van der Waals surface area contributed by atoms with E-state index in [1.165, 1.54) is 0 Å². The summed E-state index contributed by atoms with van der Waals surface area (Å²) in [5, 5.41) is 0. The van der Waals surface area contributed by atoms with Crippen LogP contribution < -0.4 is 0 Å². The Bertz CT molecular complexity index is 545. The van der Waals surface area contributed by atoms with E-state index in [2.05, 4.69) is 15.9 Å². The van der Waals surface area contributed by atoms with Gasteiger partial charge in [-0.1, -0.05) is 28.1 Å². The average Bonchev–Trinajstić information content (AvgIpc) is 2.78. The van der Waals surface area contributed by atoms with Crippen LogP contribution in [0.5, 0.6) is 0 Å². The molecule has 94 valence electrons. The van der Waals surface area contributed by atoms with Gasteiger partial charge in [0, 0.05) is 18.1 Å². The van der Waals surface area contributed by atoms with Gasteiger partial charge in [0.1, 0.15) is 5.76 Å². The quantitative estimate of drug-likeness (QED) is 0.867. The highest BCUT2D eigenvalue weighted by Gasteiger charge is 2.15. The van der Waals surface area contributed by atoms with Gasteiger partial charge < -0.3 is 9.32 Å². The fourth-order valence-corrected chi connectivity index (χ4v) is 1.94. The zero-order valence-corrected chi connectivity index (χ0v) is 11.9. The van der Waals surface area contributed by atoms with Crippen molar-refractivity contribution >= 4 is 21.8 Å². The molecular formula is C14H14BrNO2. The summed E-state index contributed by atoms with van der Waals surface area (Å²) in [5.41, 5.74) is 1.08. The Hall–Kier alpha value is -1.55. The summed E-state index contributed by atoms with van der Waals surface area (Å²) in [4.78, 5) is 13.7. The van der Waals surface area contributed by atoms with Crippen LogP contribution in [0, 0.1) is 6.92 Å². The molecule has 1 heterocycles. The maximum absolute atomic E-state index is 12.1. The first kappa shape index (κ1) is 12.9. The number of nitrogens with zero attached hydrogens (tertiary/aromatic N) is 1. The highest BCUT2D eigenvalue weighted by atomic mass is 79.9. The number of rotatable bonds is 3. The summed E-state index contributed by atoms with van der Waals surface area (Å²) in [6, 6.07) is 11.4. The van der Waals surface area contributed by atoms with E-state index in [0.29, 0.717) is 12.3 Å². The molecule has 0 bridgehead atoms. The molecule has 0 saturated carbocycles. The van der Waals surface area contributed by atoms with Crippen LogP contribution in [0.1, 0.15) is 21.9 Å². The van der Waals surface area contributed by atoms with E-state index in [1.54, 1.807) is 24.1 Å². The fourth-order valence-electron chi connectivity index (χ4n) is 1.67. The summed E-state index contributed by atoms with van der Waals surface area (Å²) in [6.07, 6.45) is 0. The topological polar surface area (TPSA) is 33.5 Å². The number of halogens is 1. The van der Waals surface area contributed by atoms with Gasteiger partial charge in [-0.15, -0.1) is 0 Å². The van der Waals surface area contributed by atoms with Crippen LogP contribution >= 0.6 is 15.9 Å². The molecule has 0 aliphatic rings. The third kappa shape index (κ3) is 3.01. The van der Waals surface area contributed by atoms with Crippen molar-refractivity contribution in [1.82, 2.24) is 4.90 Å². The third-order valence-electron chi connectivity index (χ3n) is 2.63. The summed E-state index contributed by atoms with van der Waals surface area (Å²) in [7, 11) is 1.77. The molecular weight excluding hydrogens is 294 g/mol. The molecule has 0 saturated heterocycles.